The molecule has 19 heavy (non-hydrogen) atoms. The maximum atomic E-state index is 5.52. The Bertz CT molecular complexity index is 417. The molecule has 0 spiro atoms. The molecule has 1 unspecified atom stereocenters. The van der Waals surface area contributed by atoms with Gasteiger partial charge < -0.3 is 10.7 Å². The van der Waals surface area contributed by atoms with Crippen LogP contribution in [0, 0.1) is 0 Å². The van der Waals surface area contributed by atoms with Gasteiger partial charge in [-0.25, -0.2) is 15.8 Å². The van der Waals surface area contributed by atoms with Crippen molar-refractivity contribution in [3.05, 3.63) is 11.9 Å². The molecule has 4 N–H and O–H groups in total. The second-order valence-electron chi connectivity index (χ2n) is 5.20. The van der Waals surface area contributed by atoms with Crippen molar-refractivity contribution in [1.82, 2.24) is 9.97 Å². The number of nitrogens with zero attached hydrogens (tertiary/aromatic N) is 2. The van der Waals surface area contributed by atoms with E-state index in [0.29, 0.717) is 4.75 Å². The third-order valence-electron chi connectivity index (χ3n) is 3.51. The fraction of sp³-hybridized carbons (Fsp3) is 0.692. The van der Waals surface area contributed by atoms with Crippen LogP contribution >= 0.6 is 11.8 Å². The van der Waals surface area contributed by atoms with Crippen LogP contribution in [0.4, 0.5) is 11.6 Å². The van der Waals surface area contributed by atoms with E-state index < -0.39 is 0 Å². The lowest BCUT2D eigenvalue weighted by Gasteiger charge is -2.24. The van der Waals surface area contributed by atoms with Gasteiger partial charge in [0, 0.05) is 16.9 Å². The van der Waals surface area contributed by atoms with Crippen molar-refractivity contribution < 1.29 is 0 Å². The fourth-order valence-corrected chi connectivity index (χ4v) is 3.67. The largest absolute Gasteiger partial charge is 0.368 e. The highest BCUT2D eigenvalue weighted by Gasteiger charge is 2.29. The minimum absolute atomic E-state index is 0.324. The zero-order chi connectivity index (χ0) is 13.7. The molecule has 1 saturated heterocycles. The van der Waals surface area contributed by atoms with Gasteiger partial charge in [0.25, 0.3) is 0 Å². The number of aromatic nitrogens is 2. The zero-order valence-corrected chi connectivity index (χ0v) is 12.5. The quantitative estimate of drug-likeness (QED) is 0.549. The molecule has 0 bridgehead atoms. The van der Waals surface area contributed by atoms with Crippen LogP contribution in [0.2, 0.25) is 0 Å². The minimum atomic E-state index is 0.324. The Morgan fingerprint density at radius 2 is 2.21 bits per heavy atom. The molecular weight excluding hydrogens is 258 g/mol. The Morgan fingerprint density at radius 1 is 1.42 bits per heavy atom. The van der Waals surface area contributed by atoms with E-state index in [1.165, 1.54) is 18.6 Å². The molecule has 0 saturated carbocycles. The van der Waals surface area contributed by atoms with Crippen molar-refractivity contribution in [2.45, 2.75) is 44.3 Å². The highest BCUT2D eigenvalue weighted by atomic mass is 32.2. The van der Waals surface area contributed by atoms with E-state index in [1.54, 1.807) is 6.33 Å². The van der Waals surface area contributed by atoms with Gasteiger partial charge in [-0.1, -0.05) is 13.3 Å². The maximum Gasteiger partial charge on any atom is 0.148 e. The van der Waals surface area contributed by atoms with E-state index in [2.05, 4.69) is 34.6 Å². The Kier molecular flexibility index (Phi) is 4.87. The van der Waals surface area contributed by atoms with Crippen LogP contribution in [0.15, 0.2) is 6.33 Å². The van der Waals surface area contributed by atoms with Crippen LogP contribution in [0.1, 0.15) is 38.7 Å². The zero-order valence-electron chi connectivity index (χ0n) is 11.7. The molecule has 1 aliphatic rings. The monoisotopic (exact) mass is 281 g/mol. The number of hydrogen-bond acceptors (Lipinski definition) is 6. The van der Waals surface area contributed by atoms with Crippen LogP contribution in [0.3, 0.4) is 0 Å². The molecule has 1 aliphatic heterocycles. The molecule has 0 aromatic carbocycles. The molecule has 1 aromatic rings. The maximum absolute atomic E-state index is 5.52. The smallest absolute Gasteiger partial charge is 0.148 e. The van der Waals surface area contributed by atoms with Crippen LogP contribution in [-0.2, 0) is 6.42 Å². The van der Waals surface area contributed by atoms with E-state index in [0.717, 1.165) is 36.6 Å². The second kappa shape index (κ2) is 6.43. The standard InChI is InChI=1S/C13H23N5S/c1-3-5-10-11(16-9-17-12(10)18-14)15-8-13(2)6-4-7-19-13/h9H,3-8,14H2,1-2H3,(H2,15,16,17,18). The summed E-state index contributed by atoms with van der Waals surface area (Å²) in [6, 6.07) is 0. The summed E-state index contributed by atoms with van der Waals surface area (Å²) in [6.07, 6.45) is 6.10. The lowest BCUT2D eigenvalue weighted by Crippen LogP contribution is -2.28. The normalized spacial score (nSPS) is 22.5. The molecule has 0 aliphatic carbocycles. The van der Waals surface area contributed by atoms with Gasteiger partial charge in [-0.15, -0.1) is 0 Å². The van der Waals surface area contributed by atoms with E-state index in [-0.39, 0.29) is 0 Å². The van der Waals surface area contributed by atoms with Crippen LogP contribution in [-0.4, -0.2) is 27.0 Å². The highest BCUT2D eigenvalue weighted by molar-refractivity contribution is 8.00. The minimum Gasteiger partial charge on any atom is -0.368 e. The number of rotatable bonds is 6. The van der Waals surface area contributed by atoms with Crippen molar-refractivity contribution in [3.8, 4) is 0 Å². The van der Waals surface area contributed by atoms with Gasteiger partial charge in [-0.2, -0.15) is 11.8 Å². The summed E-state index contributed by atoms with van der Waals surface area (Å²) in [5.74, 6) is 8.43. The summed E-state index contributed by atoms with van der Waals surface area (Å²) in [6.45, 7) is 5.40. The van der Waals surface area contributed by atoms with Gasteiger partial charge in [-0.3, -0.25) is 0 Å². The summed E-state index contributed by atoms with van der Waals surface area (Å²) in [5.41, 5.74) is 3.74. The molecule has 1 aromatic heterocycles. The number of nitrogens with one attached hydrogen (secondary N) is 2. The van der Waals surface area contributed by atoms with E-state index >= 15 is 0 Å². The number of thioether (sulfide) groups is 1. The predicted molar refractivity (Wildman–Crippen MR) is 82.4 cm³/mol. The molecular formula is C13H23N5S. The predicted octanol–water partition coefficient (Wildman–Crippen LogP) is 2.41. The SMILES string of the molecule is CCCc1c(NN)ncnc1NCC1(C)CCCS1. The van der Waals surface area contributed by atoms with Crippen molar-refractivity contribution in [3.63, 3.8) is 0 Å². The third-order valence-corrected chi connectivity index (χ3v) is 5.05. The van der Waals surface area contributed by atoms with Gasteiger partial charge in [0.05, 0.1) is 0 Å². The summed E-state index contributed by atoms with van der Waals surface area (Å²) in [7, 11) is 0. The first-order valence-electron chi connectivity index (χ1n) is 6.87. The Labute approximate surface area is 119 Å². The topological polar surface area (TPSA) is 75.9 Å². The van der Waals surface area contributed by atoms with E-state index in [9.17, 15) is 0 Å². The number of nitrogens with two attached hydrogens (primary N) is 1. The Morgan fingerprint density at radius 3 is 2.84 bits per heavy atom. The van der Waals surface area contributed by atoms with Gasteiger partial charge in [0.1, 0.15) is 18.0 Å². The molecule has 1 fully saturated rings. The van der Waals surface area contributed by atoms with Crippen molar-refractivity contribution in [1.29, 1.82) is 0 Å². The number of anilines is 2. The molecule has 2 rings (SSSR count). The number of hydrogen-bond donors (Lipinski definition) is 3. The van der Waals surface area contributed by atoms with Crippen molar-refractivity contribution in [2.24, 2.45) is 5.84 Å². The summed E-state index contributed by atoms with van der Waals surface area (Å²) in [4.78, 5) is 8.55. The third kappa shape index (κ3) is 3.51. The van der Waals surface area contributed by atoms with Crippen molar-refractivity contribution in [2.75, 3.05) is 23.0 Å². The molecule has 0 radical (unpaired) electrons. The highest BCUT2D eigenvalue weighted by Crippen LogP contribution is 2.37. The second-order valence-corrected chi connectivity index (χ2v) is 6.88. The number of nitrogen functional groups attached to an aromatic ring is 1. The first-order chi connectivity index (χ1) is 9.18. The van der Waals surface area contributed by atoms with Gasteiger partial charge >= 0.3 is 0 Å². The first kappa shape index (κ1) is 14.4. The lowest BCUT2D eigenvalue weighted by atomic mass is 10.1. The van der Waals surface area contributed by atoms with E-state index in [4.69, 9.17) is 5.84 Å². The first-order valence-corrected chi connectivity index (χ1v) is 7.85. The summed E-state index contributed by atoms with van der Waals surface area (Å²) >= 11 is 2.05. The molecule has 2 heterocycles. The average molecular weight is 281 g/mol. The molecule has 0 amide bonds. The van der Waals surface area contributed by atoms with Gasteiger partial charge in [-0.05, 0) is 31.9 Å². The number of hydrazine groups is 1. The summed E-state index contributed by atoms with van der Waals surface area (Å²) in [5, 5.41) is 3.49. The molecule has 6 heteroatoms. The van der Waals surface area contributed by atoms with Crippen LogP contribution in [0.25, 0.3) is 0 Å². The van der Waals surface area contributed by atoms with Gasteiger partial charge in [0.15, 0.2) is 0 Å². The van der Waals surface area contributed by atoms with Gasteiger partial charge in [0.2, 0.25) is 0 Å². The summed E-state index contributed by atoms with van der Waals surface area (Å²) < 4.78 is 0.324. The molecule has 106 valence electrons. The average Bonchev–Trinajstić information content (AvgIpc) is 2.85. The van der Waals surface area contributed by atoms with Crippen molar-refractivity contribution >= 4 is 23.4 Å². The lowest BCUT2D eigenvalue weighted by molar-refractivity contribution is 0.633. The fourth-order valence-electron chi connectivity index (χ4n) is 2.42. The molecule has 5 nitrogen and oxygen atoms in total. The Balaban J connectivity index is 2.10. The van der Waals surface area contributed by atoms with E-state index in [1.807, 2.05) is 11.8 Å². The Hall–Kier alpha value is -1.01. The van der Waals surface area contributed by atoms with Crippen LogP contribution < -0.4 is 16.6 Å². The molecule has 1 atom stereocenters. The van der Waals surface area contributed by atoms with Crippen LogP contribution in [0.5, 0.6) is 0 Å².